The summed E-state index contributed by atoms with van der Waals surface area (Å²) in [5.41, 5.74) is 2.66. The van der Waals surface area contributed by atoms with E-state index in [0.717, 1.165) is 38.2 Å². The largest absolute Gasteiger partial charge is 0.268 e. The molecule has 0 aliphatic carbocycles. The van der Waals surface area contributed by atoms with Gasteiger partial charge in [-0.1, -0.05) is 78.6 Å². The molecule has 4 rings (SSSR count). The van der Waals surface area contributed by atoms with Gasteiger partial charge in [0.15, 0.2) is 0 Å². The Labute approximate surface area is 223 Å². The molecule has 2 aliphatic rings. The van der Waals surface area contributed by atoms with Gasteiger partial charge in [-0.3, -0.25) is 0 Å². The van der Waals surface area contributed by atoms with Crippen molar-refractivity contribution in [2.45, 2.75) is 62.1 Å². The van der Waals surface area contributed by atoms with E-state index in [9.17, 15) is 8.42 Å². The van der Waals surface area contributed by atoms with Crippen LogP contribution in [0, 0.1) is 20.8 Å². The molecule has 10 heteroatoms. The third kappa shape index (κ3) is 5.27. The molecule has 0 spiro atoms. The zero-order valence-electron chi connectivity index (χ0n) is 19.3. The minimum absolute atomic E-state index is 0.336. The summed E-state index contributed by atoms with van der Waals surface area (Å²) < 4.78 is 33.9. The van der Waals surface area contributed by atoms with Crippen molar-refractivity contribution in [1.29, 1.82) is 0 Å². The molecule has 1 aromatic carbocycles. The number of benzene rings is 1. The second-order valence-electron chi connectivity index (χ2n) is 7.67. The first-order valence-corrected chi connectivity index (χ1v) is 17.4. The van der Waals surface area contributed by atoms with E-state index in [4.69, 9.17) is 0 Å². The summed E-state index contributed by atoms with van der Waals surface area (Å²) in [6.07, 6.45) is 2.34. The van der Waals surface area contributed by atoms with E-state index in [1.165, 1.54) is 33.8 Å². The molecule has 3 heterocycles. The molecule has 0 fully saturated rings. The van der Waals surface area contributed by atoms with Gasteiger partial charge in [0.1, 0.15) is 0 Å². The standard InChI is InChI=1S/C23H27NO2S7/c1-6-12-27-20-21(28-13-7-2)32-23(31-20)22-29-18-15(4)24(16(5)19(18)30-22)33(25,26)17-10-8-14(3)9-11-17/h8-11H,6-7,12-13H2,1-5H3. The highest BCUT2D eigenvalue weighted by Crippen LogP contribution is 2.65. The van der Waals surface area contributed by atoms with E-state index in [2.05, 4.69) is 13.8 Å². The lowest BCUT2D eigenvalue weighted by atomic mass is 10.2. The second-order valence-corrected chi connectivity index (χ2v) is 16.8. The Morgan fingerprint density at radius 1 is 0.758 bits per heavy atom. The van der Waals surface area contributed by atoms with Crippen molar-refractivity contribution in [2.24, 2.45) is 0 Å². The maximum absolute atomic E-state index is 13.4. The van der Waals surface area contributed by atoms with Crippen LogP contribution in [0.2, 0.25) is 0 Å². The molecule has 178 valence electrons. The fourth-order valence-corrected chi connectivity index (χ4v) is 13.9. The number of thioether (sulfide) groups is 6. The highest BCUT2D eigenvalue weighted by Gasteiger charge is 2.35. The van der Waals surface area contributed by atoms with E-state index in [1.54, 1.807) is 35.7 Å². The molecular formula is C23H27NO2S7. The molecule has 33 heavy (non-hydrogen) atoms. The topological polar surface area (TPSA) is 39.1 Å². The lowest BCUT2D eigenvalue weighted by Gasteiger charge is -2.12. The number of rotatable bonds is 8. The Morgan fingerprint density at radius 2 is 1.21 bits per heavy atom. The smallest absolute Gasteiger partial charge is 0.241 e. The van der Waals surface area contributed by atoms with Crippen LogP contribution in [0.15, 0.2) is 55.9 Å². The Morgan fingerprint density at radius 3 is 1.67 bits per heavy atom. The molecule has 1 aromatic heterocycles. The van der Waals surface area contributed by atoms with Crippen molar-refractivity contribution < 1.29 is 8.42 Å². The van der Waals surface area contributed by atoms with Crippen molar-refractivity contribution in [3.8, 4) is 0 Å². The molecule has 0 radical (unpaired) electrons. The molecule has 2 aromatic rings. The zero-order valence-corrected chi connectivity index (χ0v) is 25.0. The Balaban J connectivity index is 1.62. The zero-order chi connectivity index (χ0) is 23.8. The monoisotopic (exact) mass is 573 g/mol. The maximum Gasteiger partial charge on any atom is 0.268 e. The van der Waals surface area contributed by atoms with E-state index < -0.39 is 10.0 Å². The fraction of sp³-hybridized carbons (Fsp3) is 0.391. The average molecular weight is 574 g/mol. The Hall–Kier alpha value is 0.0300. The van der Waals surface area contributed by atoms with Gasteiger partial charge in [-0.2, -0.15) is 0 Å². The van der Waals surface area contributed by atoms with Crippen molar-refractivity contribution >= 4 is 80.6 Å². The van der Waals surface area contributed by atoms with Gasteiger partial charge in [0, 0.05) is 21.2 Å². The molecule has 0 saturated carbocycles. The summed E-state index contributed by atoms with van der Waals surface area (Å²) in [7, 11) is -3.62. The molecular weight excluding hydrogens is 547 g/mol. The number of aromatic nitrogens is 1. The predicted octanol–water partition coefficient (Wildman–Crippen LogP) is 8.87. The van der Waals surface area contributed by atoms with Crippen LogP contribution in [0.5, 0.6) is 0 Å². The van der Waals surface area contributed by atoms with Gasteiger partial charge < -0.3 is 0 Å². The molecule has 2 aliphatic heterocycles. The molecule has 0 saturated heterocycles. The van der Waals surface area contributed by atoms with Gasteiger partial charge in [-0.05, 0) is 57.3 Å². The third-order valence-corrected chi connectivity index (χ3v) is 16.2. The molecule has 0 bridgehead atoms. The van der Waals surface area contributed by atoms with Crippen molar-refractivity contribution in [3.05, 3.63) is 58.2 Å². The summed E-state index contributed by atoms with van der Waals surface area (Å²) in [6, 6.07) is 7.10. The summed E-state index contributed by atoms with van der Waals surface area (Å²) in [4.78, 5) is 2.49. The van der Waals surface area contributed by atoms with Crippen LogP contribution in [-0.2, 0) is 10.0 Å². The van der Waals surface area contributed by atoms with Crippen LogP contribution in [0.1, 0.15) is 43.6 Å². The first kappa shape index (κ1) is 26.1. The van der Waals surface area contributed by atoms with Crippen LogP contribution in [-0.4, -0.2) is 23.9 Å². The minimum atomic E-state index is -3.62. The maximum atomic E-state index is 13.4. The third-order valence-electron chi connectivity index (χ3n) is 5.00. The minimum Gasteiger partial charge on any atom is -0.241 e. The van der Waals surface area contributed by atoms with Gasteiger partial charge in [0.05, 0.1) is 21.8 Å². The number of aryl methyl sites for hydroxylation is 1. The first-order chi connectivity index (χ1) is 15.8. The van der Waals surface area contributed by atoms with E-state index in [0.29, 0.717) is 4.90 Å². The van der Waals surface area contributed by atoms with Gasteiger partial charge in [0.2, 0.25) is 0 Å². The average Bonchev–Trinajstić information content (AvgIpc) is 3.46. The van der Waals surface area contributed by atoms with Crippen LogP contribution in [0.25, 0.3) is 0 Å². The summed E-state index contributed by atoms with van der Waals surface area (Å²) >= 11 is 11.2. The van der Waals surface area contributed by atoms with Crippen LogP contribution in [0.4, 0.5) is 0 Å². The summed E-state index contributed by atoms with van der Waals surface area (Å²) in [5, 5.41) is 0. The molecule has 0 N–H and O–H groups in total. The van der Waals surface area contributed by atoms with Crippen molar-refractivity contribution in [1.82, 2.24) is 3.97 Å². The van der Waals surface area contributed by atoms with Gasteiger partial charge in [-0.25, -0.2) is 12.4 Å². The van der Waals surface area contributed by atoms with Crippen LogP contribution in [0.3, 0.4) is 0 Å². The Kier molecular flexibility index (Phi) is 8.67. The first-order valence-electron chi connectivity index (χ1n) is 10.8. The quantitative estimate of drug-likeness (QED) is 0.310. The fourth-order valence-electron chi connectivity index (χ4n) is 3.39. The molecule has 0 amide bonds. The van der Waals surface area contributed by atoms with Crippen molar-refractivity contribution in [2.75, 3.05) is 11.5 Å². The molecule has 0 unspecified atom stereocenters. The SMILES string of the molecule is CCCSC1=C(SCCC)SC(=C2Sc3c(c(C)n(S(=O)(=O)c4ccc(C)cc4)c3C)S2)S1. The summed E-state index contributed by atoms with van der Waals surface area (Å²) in [6.45, 7) is 10.3. The van der Waals surface area contributed by atoms with Crippen molar-refractivity contribution in [3.63, 3.8) is 0 Å². The van der Waals surface area contributed by atoms with Crippen LogP contribution < -0.4 is 0 Å². The second kappa shape index (κ2) is 11.0. The lowest BCUT2D eigenvalue weighted by molar-refractivity contribution is 0.584. The number of hydrogen-bond donors (Lipinski definition) is 0. The number of hydrogen-bond acceptors (Lipinski definition) is 8. The predicted molar refractivity (Wildman–Crippen MR) is 154 cm³/mol. The van der Waals surface area contributed by atoms with E-state index >= 15 is 0 Å². The number of nitrogens with zero attached hydrogens (tertiary/aromatic N) is 1. The molecule has 3 nitrogen and oxygen atoms in total. The van der Waals surface area contributed by atoms with Crippen LogP contribution >= 0.6 is 70.6 Å². The van der Waals surface area contributed by atoms with E-state index in [-0.39, 0.29) is 0 Å². The highest BCUT2D eigenvalue weighted by atomic mass is 32.3. The van der Waals surface area contributed by atoms with Gasteiger partial charge >= 0.3 is 0 Å². The van der Waals surface area contributed by atoms with E-state index in [1.807, 2.05) is 80.0 Å². The normalized spacial score (nSPS) is 16.3. The number of fused-ring (bicyclic) bond motifs is 1. The van der Waals surface area contributed by atoms with Gasteiger partial charge in [-0.15, -0.1) is 23.5 Å². The summed E-state index contributed by atoms with van der Waals surface area (Å²) in [5.74, 6) is 2.28. The lowest BCUT2D eigenvalue weighted by Crippen LogP contribution is -2.16. The Bertz CT molecular complexity index is 1170. The van der Waals surface area contributed by atoms with Gasteiger partial charge in [0.25, 0.3) is 10.0 Å². The highest BCUT2D eigenvalue weighted by molar-refractivity contribution is 8.42. The molecule has 0 atom stereocenters.